The van der Waals surface area contributed by atoms with Crippen molar-refractivity contribution >= 4 is 74.1 Å². The first-order valence-electron chi connectivity index (χ1n) is 8.47. The molecule has 0 aliphatic carbocycles. The molecule has 0 aliphatic heterocycles. The number of likely N-dealkylation sites (N-methyl/N-ethyl adjacent to an activating group) is 1. The number of amides is 1. The van der Waals surface area contributed by atoms with Gasteiger partial charge in [0.25, 0.3) is 0 Å². The smallest absolute Gasteiger partial charge is 0.308 e. The molecule has 0 radical (unpaired) electrons. The Bertz CT molecular complexity index is 1280. The molecule has 0 atom stereocenters. The number of thiazole rings is 1. The van der Waals surface area contributed by atoms with Crippen LogP contribution >= 0.6 is 46.9 Å². The van der Waals surface area contributed by atoms with Crippen molar-refractivity contribution in [2.45, 2.75) is 13.1 Å². The molecule has 152 valence electrons. The van der Waals surface area contributed by atoms with Crippen LogP contribution in [-0.4, -0.2) is 32.0 Å². The zero-order valence-corrected chi connectivity index (χ0v) is 18.7. The Balaban J connectivity index is 0.00000240. The first kappa shape index (κ1) is 21.6. The molecule has 2 heterocycles. The molecule has 4 aromatic rings. The monoisotopic (exact) mass is 470 g/mol. The number of hydrogen-bond acceptors (Lipinski definition) is 4. The van der Waals surface area contributed by atoms with Crippen molar-refractivity contribution in [1.29, 1.82) is 0 Å². The van der Waals surface area contributed by atoms with Crippen LogP contribution in [0.25, 0.3) is 21.3 Å². The maximum absolute atomic E-state index is 12.8. The Hall–Kier alpha value is -2.06. The predicted octanol–water partition coefficient (Wildman–Crippen LogP) is 4.34. The number of benzene rings is 2. The fourth-order valence-corrected chi connectivity index (χ4v) is 4.31. The van der Waals surface area contributed by atoms with E-state index in [2.05, 4.69) is 4.98 Å². The number of fused-ring (bicyclic) bond motifs is 2. The van der Waals surface area contributed by atoms with Crippen LogP contribution in [0.3, 0.4) is 0 Å². The van der Waals surface area contributed by atoms with E-state index in [9.17, 15) is 9.59 Å². The fourth-order valence-electron chi connectivity index (χ4n) is 3.11. The van der Waals surface area contributed by atoms with Crippen molar-refractivity contribution < 1.29 is 4.79 Å². The Morgan fingerprint density at radius 1 is 1.14 bits per heavy atom. The third kappa shape index (κ3) is 4.14. The van der Waals surface area contributed by atoms with Gasteiger partial charge in [-0.25, -0.2) is 4.98 Å². The second kappa shape index (κ2) is 8.36. The molecule has 10 heteroatoms. The molecule has 1 amide bonds. The summed E-state index contributed by atoms with van der Waals surface area (Å²) in [5, 5.41) is 1.14. The second-order valence-electron chi connectivity index (χ2n) is 6.54. The average Bonchev–Trinajstić information content (AvgIpc) is 3.11. The van der Waals surface area contributed by atoms with Crippen LogP contribution < -0.4 is 4.87 Å². The van der Waals surface area contributed by atoms with Crippen molar-refractivity contribution in [1.82, 2.24) is 19.0 Å². The van der Waals surface area contributed by atoms with E-state index in [0.29, 0.717) is 22.1 Å². The summed E-state index contributed by atoms with van der Waals surface area (Å²) in [6, 6.07) is 10.7. The van der Waals surface area contributed by atoms with Crippen LogP contribution in [0.2, 0.25) is 10.0 Å². The molecule has 0 unspecified atom stereocenters. The molecule has 0 bridgehead atoms. The molecule has 0 spiro atoms. The topological polar surface area (TPSA) is 60.1 Å². The number of carbonyl (C=O) groups excluding carboxylic acids is 1. The van der Waals surface area contributed by atoms with Crippen molar-refractivity contribution in [3.05, 3.63) is 61.9 Å². The van der Waals surface area contributed by atoms with E-state index in [1.54, 1.807) is 36.2 Å². The molecular weight excluding hydrogens is 455 g/mol. The van der Waals surface area contributed by atoms with Crippen LogP contribution in [0.4, 0.5) is 0 Å². The van der Waals surface area contributed by atoms with Gasteiger partial charge >= 0.3 is 4.87 Å². The Labute approximate surface area is 186 Å². The van der Waals surface area contributed by atoms with E-state index in [1.165, 1.54) is 4.57 Å². The second-order valence-corrected chi connectivity index (χ2v) is 8.40. The largest absolute Gasteiger partial charge is 0.337 e. The van der Waals surface area contributed by atoms with Crippen LogP contribution in [0, 0.1) is 0 Å². The van der Waals surface area contributed by atoms with E-state index >= 15 is 0 Å². The maximum Gasteiger partial charge on any atom is 0.308 e. The van der Waals surface area contributed by atoms with E-state index in [0.717, 1.165) is 32.9 Å². The number of aromatic nitrogens is 3. The molecular formula is C19H17Cl3N4O2S. The first-order valence-corrected chi connectivity index (χ1v) is 10.0. The summed E-state index contributed by atoms with van der Waals surface area (Å²) in [6.45, 7) is 0.269. The van der Waals surface area contributed by atoms with Gasteiger partial charge in [0.05, 0.1) is 27.8 Å². The lowest BCUT2D eigenvalue weighted by Crippen LogP contribution is -2.32. The number of rotatable bonds is 4. The summed E-state index contributed by atoms with van der Waals surface area (Å²) in [4.78, 5) is 31.0. The van der Waals surface area contributed by atoms with Crippen molar-refractivity contribution in [2.24, 2.45) is 7.05 Å². The van der Waals surface area contributed by atoms with Gasteiger partial charge in [0.15, 0.2) is 0 Å². The minimum Gasteiger partial charge on any atom is -0.337 e. The molecule has 0 saturated heterocycles. The highest BCUT2D eigenvalue weighted by atomic mass is 35.5. The third-order valence-corrected chi connectivity index (χ3v) is 6.09. The molecule has 2 aromatic carbocycles. The van der Waals surface area contributed by atoms with Gasteiger partial charge in [0, 0.05) is 24.1 Å². The van der Waals surface area contributed by atoms with Gasteiger partial charge in [0.1, 0.15) is 12.4 Å². The summed E-state index contributed by atoms with van der Waals surface area (Å²) in [7, 11) is 3.59. The van der Waals surface area contributed by atoms with Gasteiger partial charge in [-0.3, -0.25) is 14.2 Å². The summed E-state index contributed by atoms with van der Waals surface area (Å²) >= 11 is 13.2. The molecule has 0 saturated carbocycles. The number of imidazole rings is 1. The molecule has 6 nitrogen and oxygen atoms in total. The van der Waals surface area contributed by atoms with Crippen molar-refractivity contribution in [3.63, 3.8) is 0 Å². The van der Waals surface area contributed by atoms with Gasteiger partial charge in [-0.1, -0.05) is 34.5 Å². The van der Waals surface area contributed by atoms with E-state index < -0.39 is 0 Å². The molecule has 0 N–H and O–H groups in total. The SMILES string of the molecule is CN(Cc1nc2cc(Cl)ccc2n1C)C(=O)Cn1c(=O)sc2ccc(Cl)cc21.Cl. The molecule has 2 aromatic heterocycles. The van der Waals surface area contributed by atoms with Crippen molar-refractivity contribution in [3.8, 4) is 0 Å². The molecule has 0 fully saturated rings. The van der Waals surface area contributed by atoms with Crippen LogP contribution in [0.15, 0.2) is 41.2 Å². The summed E-state index contributed by atoms with van der Waals surface area (Å²) < 4.78 is 4.19. The van der Waals surface area contributed by atoms with Crippen molar-refractivity contribution in [2.75, 3.05) is 7.05 Å². The lowest BCUT2D eigenvalue weighted by atomic mass is 10.3. The van der Waals surface area contributed by atoms with Gasteiger partial charge in [-0.05, 0) is 36.4 Å². The normalized spacial score (nSPS) is 11.0. The zero-order chi connectivity index (χ0) is 20.0. The van der Waals surface area contributed by atoms with E-state index in [-0.39, 0.29) is 29.7 Å². The summed E-state index contributed by atoms with van der Waals surface area (Å²) in [5.41, 5.74) is 2.39. The summed E-state index contributed by atoms with van der Waals surface area (Å²) in [5.74, 6) is 0.547. The van der Waals surface area contributed by atoms with Gasteiger partial charge in [-0.2, -0.15) is 0 Å². The van der Waals surface area contributed by atoms with E-state index in [1.807, 2.05) is 23.7 Å². The van der Waals surface area contributed by atoms with Gasteiger partial charge < -0.3 is 9.47 Å². The molecule has 0 aliphatic rings. The highest BCUT2D eigenvalue weighted by Gasteiger charge is 2.17. The van der Waals surface area contributed by atoms with E-state index in [4.69, 9.17) is 23.2 Å². The van der Waals surface area contributed by atoms with Crippen LogP contribution in [-0.2, 0) is 24.9 Å². The third-order valence-electron chi connectivity index (χ3n) is 4.66. The number of carbonyl (C=O) groups is 1. The lowest BCUT2D eigenvalue weighted by molar-refractivity contribution is -0.131. The maximum atomic E-state index is 12.8. The highest BCUT2D eigenvalue weighted by molar-refractivity contribution is 7.16. The predicted molar refractivity (Wildman–Crippen MR) is 121 cm³/mol. The van der Waals surface area contributed by atoms with Gasteiger partial charge in [-0.15, -0.1) is 12.4 Å². The number of hydrogen-bond donors (Lipinski definition) is 0. The number of aryl methyl sites for hydroxylation is 1. The quantitative estimate of drug-likeness (QED) is 0.445. The summed E-state index contributed by atoms with van der Waals surface area (Å²) in [6.07, 6.45) is 0. The average molecular weight is 472 g/mol. The highest BCUT2D eigenvalue weighted by Crippen LogP contribution is 2.22. The van der Waals surface area contributed by atoms with Crippen LogP contribution in [0.5, 0.6) is 0 Å². The lowest BCUT2D eigenvalue weighted by Gasteiger charge is -2.17. The molecule has 29 heavy (non-hydrogen) atoms. The minimum atomic E-state index is -0.188. The molecule has 4 rings (SSSR count). The first-order chi connectivity index (χ1) is 13.3. The number of nitrogens with zero attached hydrogens (tertiary/aromatic N) is 4. The Morgan fingerprint density at radius 2 is 1.83 bits per heavy atom. The standard InChI is InChI=1S/C19H16Cl2N4O2S.ClH/c1-23(9-17-22-13-7-11(20)3-5-14(13)24(17)2)18(26)10-25-15-8-12(21)4-6-16(15)28-19(25)27;/h3-8H,9-10H2,1-2H3;1H. The number of halogens is 3. The fraction of sp³-hybridized carbons (Fsp3) is 0.211. The Morgan fingerprint density at radius 3 is 2.59 bits per heavy atom. The van der Waals surface area contributed by atoms with Gasteiger partial charge in [0.2, 0.25) is 5.91 Å². The Kier molecular flexibility index (Phi) is 6.24. The van der Waals surface area contributed by atoms with Crippen LogP contribution in [0.1, 0.15) is 5.82 Å². The zero-order valence-electron chi connectivity index (χ0n) is 15.6. The minimum absolute atomic E-state index is 0.